The largest absolute Gasteiger partial charge is 0.496 e. The second-order valence-corrected chi connectivity index (χ2v) is 4.37. The molecule has 0 unspecified atom stereocenters. The Morgan fingerprint density at radius 1 is 1.21 bits per heavy atom. The summed E-state index contributed by atoms with van der Waals surface area (Å²) < 4.78 is 18.6. The quantitative estimate of drug-likeness (QED) is 0.859. The fourth-order valence-electron chi connectivity index (χ4n) is 2.02. The van der Waals surface area contributed by atoms with Gasteiger partial charge in [-0.1, -0.05) is 18.2 Å². The van der Waals surface area contributed by atoms with Gasteiger partial charge >= 0.3 is 0 Å². The number of nitrogens with zero attached hydrogens (tertiary/aromatic N) is 1. The van der Waals surface area contributed by atoms with E-state index in [0.29, 0.717) is 17.9 Å². The average molecular weight is 260 g/mol. The topological polar surface area (TPSA) is 38.5 Å². The van der Waals surface area contributed by atoms with Crippen LogP contribution in [-0.2, 0) is 6.54 Å². The number of halogens is 1. The van der Waals surface area contributed by atoms with Crippen molar-refractivity contribution < 1.29 is 9.13 Å². The van der Waals surface area contributed by atoms with E-state index < -0.39 is 0 Å². The highest BCUT2D eigenvalue weighted by molar-refractivity contribution is 5.67. The summed E-state index contributed by atoms with van der Waals surface area (Å²) in [5.74, 6) is 0.514. The van der Waals surface area contributed by atoms with Gasteiger partial charge in [0, 0.05) is 19.2 Å². The Hall–Kier alpha value is -2.23. The second kappa shape index (κ2) is 5.61. The molecular formula is C15H17FN2O. The molecule has 0 aliphatic carbocycles. The summed E-state index contributed by atoms with van der Waals surface area (Å²) in [6, 6.07) is 12.1. The molecule has 2 N–H and O–H groups in total. The van der Waals surface area contributed by atoms with Crippen LogP contribution in [0.15, 0.2) is 42.5 Å². The lowest BCUT2D eigenvalue weighted by atomic mass is 10.1. The number of hydrogen-bond donors (Lipinski definition) is 1. The molecule has 0 saturated carbocycles. The van der Waals surface area contributed by atoms with E-state index in [9.17, 15) is 4.39 Å². The molecule has 0 aliphatic heterocycles. The number of nitrogens with two attached hydrogens (primary N) is 1. The van der Waals surface area contributed by atoms with Crippen molar-refractivity contribution in [2.45, 2.75) is 6.54 Å². The molecule has 4 heteroatoms. The fraction of sp³-hybridized carbons (Fsp3) is 0.200. The van der Waals surface area contributed by atoms with E-state index >= 15 is 0 Å². The second-order valence-electron chi connectivity index (χ2n) is 4.37. The third-order valence-electron chi connectivity index (χ3n) is 3.00. The van der Waals surface area contributed by atoms with Gasteiger partial charge in [0.2, 0.25) is 0 Å². The maximum absolute atomic E-state index is 13.3. The minimum absolute atomic E-state index is 0.295. The Kier molecular flexibility index (Phi) is 3.90. The molecule has 0 aliphatic rings. The summed E-state index contributed by atoms with van der Waals surface area (Å²) in [4.78, 5) is 1.90. The van der Waals surface area contributed by atoms with E-state index in [4.69, 9.17) is 10.5 Å². The number of rotatable bonds is 4. The maximum atomic E-state index is 13.3. The van der Waals surface area contributed by atoms with Crippen LogP contribution in [-0.4, -0.2) is 14.2 Å². The number of benzene rings is 2. The molecule has 0 amide bonds. The van der Waals surface area contributed by atoms with Crippen molar-refractivity contribution in [2.75, 3.05) is 24.8 Å². The lowest BCUT2D eigenvalue weighted by Gasteiger charge is -2.22. The lowest BCUT2D eigenvalue weighted by Crippen LogP contribution is -2.18. The number of hydrogen-bond acceptors (Lipinski definition) is 3. The van der Waals surface area contributed by atoms with E-state index in [1.165, 1.54) is 12.1 Å². The fourth-order valence-corrected chi connectivity index (χ4v) is 2.02. The van der Waals surface area contributed by atoms with E-state index in [2.05, 4.69) is 0 Å². The van der Waals surface area contributed by atoms with Crippen LogP contribution in [0.1, 0.15) is 5.56 Å². The third-order valence-corrected chi connectivity index (χ3v) is 3.00. The molecular weight excluding hydrogens is 243 g/mol. The maximum Gasteiger partial charge on any atom is 0.125 e. The third kappa shape index (κ3) is 2.96. The van der Waals surface area contributed by atoms with Gasteiger partial charge in [0.25, 0.3) is 0 Å². The minimum atomic E-state index is -0.295. The highest BCUT2D eigenvalue weighted by Gasteiger charge is 2.10. The molecule has 2 aromatic carbocycles. The zero-order chi connectivity index (χ0) is 13.8. The Bertz CT molecular complexity index is 572. The summed E-state index contributed by atoms with van der Waals surface area (Å²) in [6.45, 7) is 0.595. The van der Waals surface area contributed by atoms with Crippen molar-refractivity contribution in [3.63, 3.8) is 0 Å². The Labute approximate surface area is 112 Å². The molecule has 0 radical (unpaired) electrons. The van der Waals surface area contributed by atoms with E-state index in [1.807, 2.05) is 36.2 Å². The van der Waals surface area contributed by atoms with Gasteiger partial charge in [-0.25, -0.2) is 4.39 Å². The molecule has 2 aromatic rings. The molecule has 0 fully saturated rings. The van der Waals surface area contributed by atoms with Gasteiger partial charge in [-0.2, -0.15) is 0 Å². The first-order valence-electron chi connectivity index (χ1n) is 6.00. The molecule has 0 saturated heterocycles. The van der Waals surface area contributed by atoms with Crippen molar-refractivity contribution in [3.05, 3.63) is 53.8 Å². The summed E-state index contributed by atoms with van der Waals surface area (Å²) in [6.07, 6.45) is 0. The van der Waals surface area contributed by atoms with Crippen molar-refractivity contribution in [3.8, 4) is 5.75 Å². The molecule has 3 nitrogen and oxygen atoms in total. The van der Waals surface area contributed by atoms with Crippen LogP contribution in [0.4, 0.5) is 15.8 Å². The standard InChI is InChI=1S/C15H17FN2O/c1-18(14-9-12(16)7-8-13(14)17)10-11-5-3-4-6-15(11)19-2/h3-9H,10,17H2,1-2H3. The molecule has 2 rings (SSSR count). The number of nitrogen functional groups attached to an aromatic ring is 1. The first-order chi connectivity index (χ1) is 9.11. The van der Waals surface area contributed by atoms with Gasteiger partial charge in [-0.05, 0) is 24.3 Å². The highest BCUT2D eigenvalue weighted by atomic mass is 19.1. The van der Waals surface area contributed by atoms with Crippen molar-refractivity contribution in [1.82, 2.24) is 0 Å². The molecule has 19 heavy (non-hydrogen) atoms. The molecule has 0 spiro atoms. The van der Waals surface area contributed by atoms with Gasteiger partial charge in [0.05, 0.1) is 18.5 Å². The Morgan fingerprint density at radius 2 is 1.95 bits per heavy atom. The van der Waals surface area contributed by atoms with Gasteiger partial charge in [-0.3, -0.25) is 0 Å². The van der Waals surface area contributed by atoms with E-state index in [-0.39, 0.29) is 5.82 Å². The Balaban J connectivity index is 2.25. The molecule has 100 valence electrons. The van der Waals surface area contributed by atoms with Crippen LogP contribution in [0.25, 0.3) is 0 Å². The van der Waals surface area contributed by atoms with Crippen LogP contribution in [0, 0.1) is 5.82 Å². The average Bonchev–Trinajstić information content (AvgIpc) is 2.42. The first-order valence-corrected chi connectivity index (χ1v) is 6.00. The van der Waals surface area contributed by atoms with Crippen molar-refractivity contribution in [2.24, 2.45) is 0 Å². The van der Waals surface area contributed by atoms with Gasteiger partial charge < -0.3 is 15.4 Å². The van der Waals surface area contributed by atoms with E-state index in [0.717, 1.165) is 11.3 Å². The smallest absolute Gasteiger partial charge is 0.125 e. The van der Waals surface area contributed by atoms with Crippen LogP contribution >= 0.6 is 0 Å². The van der Waals surface area contributed by atoms with Crippen LogP contribution in [0.2, 0.25) is 0 Å². The summed E-state index contributed by atoms with van der Waals surface area (Å²) >= 11 is 0. The number of para-hydroxylation sites is 1. The van der Waals surface area contributed by atoms with E-state index in [1.54, 1.807) is 13.2 Å². The zero-order valence-electron chi connectivity index (χ0n) is 11.1. The molecule has 0 bridgehead atoms. The van der Waals surface area contributed by atoms with Gasteiger partial charge in [0.15, 0.2) is 0 Å². The predicted octanol–water partition coefficient (Wildman–Crippen LogP) is 3.05. The molecule has 0 aromatic heterocycles. The lowest BCUT2D eigenvalue weighted by molar-refractivity contribution is 0.409. The number of methoxy groups -OCH3 is 1. The predicted molar refractivity (Wildman–Crippen MR) is 75.9 cm³/mol. The van der Waals surface area contributed by atoms with Crippen LogP contribution < -0.4 is 15.4 Å². The van der Waals surface area contributed by atoms with Gasteiger partial charge in [0.1, 0.15) is 11.6 Å². The number of anilines is 2. The minimum Gasteiger partial charge on any atom is -0.496 e. The molecule has 0 heterocycles. The summed E-state index contributed by atoms with van der Waals surface area (Å²) in [5, 5.41) is 0. The normalized spacial score (nSPS) is 10.3. The number of ether oxygens (including phenoxy) is 1. The van der Waals surface area contributed by atoms with Crippen LogP contribution in [0.5, 0.6) is 5.75 Å². The summed E-state index contributed by atoms with van der Waals surface area (Å²) in [7, 11) is 3.51. The van der Waals surface area contributed by atoms with Crippen LogP contribution in [0.3, 0.4) is 0 Å². The SMILES string of the molecule is COc1ccccc1CN(C)c1cc(F)ccc1N. The Morgan fingerprint density at radius 3 is 2.68 bits per heavy atom. The zero-order valence-corrected chi connectivity index (χ0v) is 11.1. The highest BCUT2D eigenvalue weighted by Crippen LogP contribution is 2.26. The first kappa shape index (κ1) is 13.2. The van der Waals surface area contributed by atoms with Crippen molar-refractivity contribution >= 4 is 11.4 Å². The summed E-state index contributed by atoms with van der Waals surface area (Å²) in [5.41, 5.74) is 8.13. The van der Waals surface area contributed by atoms with Gasteiger partial charge in [-0.15, -0.1) is 0 Å². The molecule has 0 atom stereocenters. The monoisotopic (exact) mass is 260 g/mol. The van der Waals surface area contributed by atoms with Crippen molar-refractivity contribution in [1.29, 1.82) is 0 Å².